The molecule has 2 aromatic carbocycles. The van der Waals surface area contributed by atoms with Crippen LogP contribution in [0.2, 0.25) is 0 Å². The van der Waals surface area contributed by atoms with Gasteiger partial charge in [0.25, 0.3) is 0 Å². The predicted molar refractivity (Wildman–Crippen MR) is 118 cm³/mol. The highest BCUT2D eigenvalue weighted by Crippen LogP contribution is 2.35. The second kappa shape index (κ2) is 11.4. The minimum Gasteiger partial charge on any atom is -0.493 e. The summed E-state index contributed by atoms with van der Waals surface area (Å²) in [7, 11) is 1.66. The third-order valence-electron chi connectivity index (χ3n) is 4.24. The normalized spacial score (nSPS) is 10.6. The van der Waals surface area contributed by atoms with E-state index in [1.165, 1.54) is 0 Å². The van der Waals surface area contributed by atoms with Crippen LogP contribution >= 0.6 is 15.9 Å². The lowest BCUT2D eigenvalue weighted by Gasteiger charge is -2.16. The molecule has 29 heavy (non-hydrogen) atoms. The first kappa shape index (κ1) is 21.1. The number of methoxy groups -OCH3 is 1. The predicted octanol–water partition coefficient (Wildman–Crippen LogP) is 4.99. The molecule has 0 aliphatic rings. The third-order valence-corrected chi connectivity index (χ3v) is 4.70. The Balaban J connectivity index is 1.53. The fraction of sp³-hybridized carbons (Fsp3) is 0.261. The summed E-state index contributed by atoms with van der Waals surface area (Å²) in [5.41, 5.74) is 2.15. The van der Waals surface area contributed by atoms with Gasteiger partial charge in [-0.05, 0) is 36.7 Å². The molecular weight excluding hydrogens is 432 g/mol. The van der Waals surface area contributed by atoms with Gasteiger partial charge in [-0.2, -0.15) is 0 Å². The molecule has 0 amide bonds. The molecule has 3 rings (SSSR count). The van der Waals surface area contributed by atoms with Crippen molar-refractivity contribution >= 4 is 15.9 Å². The van der Waals surface area contributed by atoms with Crippen LogP contribution in [0.3, 0.4) is 0 Å². The summed E-state index contributed by atoms with van der Waals surface area (Å²) in [4.78, 5) is 4.15. The number of pyridine rings is 1. The number of hydrogen-bond acceptors (Lipinski definition) is 5. The summed E-state index contributed by atoms with van der Waals surface area (Å²) in [5.74, 6) is 2.13. The number of nitrogens with zero attached hydrogens (tertiary/aromatic N) is 1. The van der Waals surface area contributed by atoms with Gasteiger partial charge in [0.15, 0.2) is 11.5 Å². The zero-order valence-electron chi connectivity index (χ0n) is 16.4. The van der Waals surface area contributed by atoms with Crippen LogP contribution in [-0.4, -0.2) is 25.2 Å². The summed E-state index contributed by atoms with van der Waals surface area (Å²) in [6.07, 6.45) is 2.60. The van der Waals surface area contributed by atoms with E-state index in [1.807, 2.05) is 54.6 Å². The van der Waals surface area contributed by atoms with Crippen molar-refractivity contribution in [1.82, 2.24) is 10.3 Å². The number of rotatable bonds is 11. The Morgan fingerprint density at radius 3 is 2.59 bits per heavy atom. The molecule has 152 valence electrons. The van der Waals surface area contributed by atoms with Crippen LogP contribution < -0.4 is 19.5 Å². The van der Waals surface area contributed by atoms with Gasteiger partial charge in [-0.25, -0.2) is 4.98 Å². The monoisotopic (exact) mass is 456 g/mol. The Morgan fingerprint density at radius 1 is 1.00 bits per heavy atom. The first-order valence-electron chi connectivity index (χ1n) is 9.54. The molecule has 1 heterocycles. The van der Waals surface area contributed by atoms with E-state index in [1.54, 1.807) is 13.3 Å². The summed E-state index contributed by atoms with van der Waals surface area (Å²) in [5, 5.41) is 3.45. The van der Waals surface area contributed by atoms with Gasteiger partial charge in [-0.1, -0.05) is 52.3 Å². The van der Waals surface area contributed by atoms with E-state index in [0.29, 0.717) is 31.4 Å². The molecule has 1 aromatic heterocycles. The van der Waals surface area contributed by atoms with Gasteiger partial charge in [-0.15, -0.1) is 0 Å². The lowest BCUT2D eigenvalue weighted by molar-refractivity contribution is 0.279. The van der Waals surface area contributed by atoms with Gasteiger partial charge in [0.2, 0.25) is 5.88 Å². The van der Waals surface area contributed by atoms with E-state index >= 15 is 0 Å². The first-order valence-corrected chi connectivity index (χ1v) is 10.3. The van der Waals surface area contributed by atoms with Gasteiger partial charge in [-0.3, -0.25) is 0 Å². The summed E-state index contributed by atoms with van der Waals surface area (Å²) in [6.45, 7) is 2.59. The highest BCUT2D eigenvalue weighted by atomic mass is 79.9. The fourth-order valence-corrected chi connectivity index (χ4v) is 3.31. The van der Waals surface area contributed by atoms with E-state index in [-0.39, 0.29) is 0 Å². The molecule has 1 N–H and O–H groups in total. The van der Waals surface area contributed by atoms with Gasteiger partial charge >= 0.3 is 0 Å². The number of aromatic nitrogens is 1. The summed E-state index contributed by atoms with van der Waals surface area (Å²) >= 11 is 3.55. The number of benzene rings is 2. The SMILES string of the molecule is COc1cc(Br)cc(CNCCCOc2ccccn2)c1OCc1ccccc1. The zero-order chi connectivity index (χ0) is 20.3. The summed E-state index contributed by atoms with van der Waals surface area (Å²) in [6, 6.07) is 19.7. The van der Waals surface area contributed by atoms with Gasteiger partial charge in [0, 0.05) is 28.8 Å². The van der Waals surface area contributed by atoms with Crippen LogP contribution in [0.25, 0.3) is 0 Å². The zero-order valence-corrected chi connectivity index (χ0v) is 18.0. The van der Waals surface area contributed by atoms with Crippen LogP contribution in [0.1, 0.15) is 17.5 Å². The quantitative estimate of drug-likeness (QED) is 0.411. The molecule has 0 unspecified atom stereocenters. The van der Waals surface area contributed by atoms with E-state index in [2.05, 4.69) is 32.3 Å². The smallest absolute Gasteiger partial charge is 0.213 e. The van der Waals surface area contributed by atoms with Crippen LogP contribution in [0.15, 0.2) is 71.3 Å². The second-order valence-electron chi connectivity index (χ2n) is 6.42. The van der Waals surface area contributed by atoms with Crippen molar-refractivity contribution in [2.45, 2.75) is 19.6 Å². The third kappa shape index (κ3) is 6.76. The molecule has 0 aliphatic heterocycles. The van der Waals surface area contributed by atoms with Crippen LogP contribution in [0.5, 0.6) is 17.4 Å². The highest BCUT2D eigenvalue weighted by Gasteiger charge is 2.13. The molecule has 5 nitrogen and oxygen atoms in total. The molecule has 0 aliphatic carbocycles. The lowest BCUT2D eigenvalue weighted by atomic mass is 10.1. The van der Waals surface area contributed by atoms with Crippen molar-refractivity contribution in [3.05, 3.63) is 82.5 Å². The van der Waals surface area contributed by atoms with E-state index in [9.17, 15) is 0 Å². The minimum absolute atomic E-state index is 0.490. The number of ether oxygens (including phenoxy) is 3. The molecular formula is C23H25BrN2O3. The van der Waals surface area contributed by atoms with Gasteiger partial charge < -0.3 is 19.5 Å². The van der Waals surface area contributed by atoms with Crippen molar-refractivity contribution in [2.75, 3.05) is 20.3 Å². The lowest BCUT2D eigenvalue weighted by Crippen LogP contribution is -2.18. The standard InChI is InChI=1S/C23H25BrN2O3/c1-27-21-15-20(24)14-19(23(21)29-17-18-8-3-2-4-9-18)16-25-11-7-13-28-22-10-5-6-12-26-22/h2-6,8-10,12,14-15,25H,7,11,13,16-17H2,1H3. The number of nitrogens with one attached hydrogen (secondary N) is 1. The molecule has 0 saturated carbocycles. The van der Waals surface area contributed by atoms with Gasteiger partial charge in [0.1, 0.15) is 6.61 Å². The molecule has 0 saturated heterocycles. The Kier molecular flexibility index (Phi) is 8.34. The van der Waals surface area contributed by atoms with E-state index in [0.717, 1.165) is 34.3 Å². The Bertz CT molecular complexity index is 876. The minimum atomic E-state index is 0.490. The first-order chi connectivity index (χ1) is 14.3. The second-order valence-corrected chi connectivity index (χ2v) is 7.33. The van der Waals surface area contributed by atoms with Gasteiger partial charge in [0.05, 0.1) is 13.7 Å². The van der Waals surface area contributed by atoms with Crippen molar-refractivity contribution in [3.8, 4) is 17.4 Å². The molecule has 0 radical (unpaired) electrons. The maximum atomic E-state index is 6.12. The number of halogens is 1. The Labute approximate surface area is 180 Å². The topological polar surface area (TPSA) is 52.6 Å². The van der Waals surface area contributed by atoms with E-state index in [4.69, 9.17) is 14.2 Å². The maximum absolute atomic E-state index is 6.12. The largest absolute Gasteiger partial charge is 0.493 e. The van der Waals surface area contributed by atoms with Crippen molar-refractivity contribution in [1.29, 1.82) is 0 Å². The maximum Gasteiger partial charge on any atom is 0.213 e. The average Bonchev–Trinajstić information content (AvgIpc) is 2.76. The Morgan fingerprint density at radius 2 is 1.83 bits per heavy atom. The fourth-order valence-electron chi connectivity index (χ4n) is 2.83. The average molecular weight is 457 g/mol. The van der Waals surface area contributed by atoms with Crippen LogP contribution in [-0.2, 0) is 13.2 Å². The molecule has 3 aromatic rings. The molecule has 0 spiro atoms. The van der Waals surface area contributed by atoms with Crippen LogP contribution in [0, 0.1) is 0 Å². The molecule has 0 bridgehead atoms. The highest BCUT2D eigenvalue weighted by molar-refractivity contribution is 9.10. The summed E-state index contributed by atoms with van der Waals surface area (Å²) < 4.78 is 18.2. The molecule has 0 fully saturated rings. The Hall–Kier alpha value is -2.57. The van der Waals surface area contributed by atoms with Crippen molar-refractivity contribution in [3.63, 3.8) is 0 Å². The van der Waals surface area contributed by atoms with Crippen molar-refractivity contribution < 1.29 is 14.2 Å². The number of hydrogen-bond donors (Lipinski definition) is 1. The van der Waals surface area contributed by atoms with E-state index < -0.39 is 0 Å². The molecule has 6 heteroatoms. The molecule has 0 atom stereocenters. The van der Waals surface area contributed by atoms with Crippen molar-refractivity contribution in [2.24, 2.45) is 0 Å². The van der Waals surface area contributed by atoms with Crippen LogP contribution in [0.4, 0.5) is 0 Å².